The number of rotatable bonds is 8. The third-order valence-electron chi connectivity index (χ3n) is 3.77. The Balaban J connectivity index is 1.57. The normalized spacial score (nSPS) is 16.9. The first-order chi connectivity index (χ1) is 11.1. The lowest BCUT2D eigenvalue weighted by Crippen LogP contribution is -2.37. The monoisotopic (exact) mass is 339 g/mol. The number of morpholine rings is 1. The molecule has 1 aliphatic rings. The van der Waals surface area contributed by atoms with Crippen LogP contribution in [0.2, 0.25) is 0 Å². The molecule has 0 unspecified atom stereocenters. The molecule has 0 aliphatic carbocycles. The predicted octanol–water partition coefficient (Wildman–Crippen LogP) is 1.44. The van der Waals surface area contributed by atoms with Crippen LogP contribution < -0.4 is 11.1 Å². The first-order valence-electron chi connectivity index (χ1n) is 8.43. The van der Waals surface area contributed by atoms with Crippen LogP contribution in [0.3, 0.4) is 0 Å². The van der Waals surface area contributed by atoms with Crippen LogP contribution in [0.4, 0.5) is 0 Å². The lowest BCUT2D eigenvalue weighted by atomic mass is 10.2. The van der Waals surface area contributed by atoms with Gasteiger partial charge in [0, 0.05) is 50.4 Å². The molecule has 0 atom stereocenters. The van der Waals surface area contributed by atoms with E-state index in [2.05, 4.69) is 39.4 Å². The van der Waals surface area contributed by atoms with Gasteiger partial charge in [-0.1, -0.05) is 13.8 Å². The molecule has 1 aromatic heterocycles. The molecule has 23 heavy (non-hydrogen) atoms. The summed E-state index contributed by atoms with van der Waals surface area (Å²) in [5, 5.41) is 6.50. The zero-order chi connectivity index (χ0) is 16.5. The van der Waals surface area contributed by atoms with E-state index < -0.39 is 0 Å². The topological polar surface area (TPSA) is 75.8 Å². The minimum atomic E-state index is 0.500. The highest BCUT2D eigenvalue weighted by Gasteiger charge is 2.09. The Morgan fingerprint density at radius 1 is 1.48 bits per heavy atom. The highest BCUT2D eigenvalue weighted by atomic mass is 32.1. The predicted molar refractivity (Wildman–Crippen MR) is 96.3 cm³/mol. The average Bonchev–Trinajstić information content (AvgIpc) is 3.02. The van der Waals surface area contributed by atoms with Crippen molar-refractivity contribution >= 4 is 17.3 Å². The van der Waals surface area contributed by atoms with Crippen LogP contribution in [0.1, 0.15) is 36.9 Å². The summed E-state index contributed by atoms with van der Waals surface area (Å²) >= 11 is 1.73. The number of guanidine groups is 1. The first-order valence-corrected chi connectivity index (χ1v) is 9.31. The fourth-order valence-electron chi connectivity index (χ4n) is 2.40. The van der Waals surface area contributed by atoms with Crippen LogP contribution in [0.15, 0.2) is 10.4 Å². The Labute approximate surface area is 143 Å². The molecule has 130 valence electrons. The van der Waals surface area contributed by atoms with Gasteiger partial charge >= 0.3 is 0 Å². The highest BCUT2D eigenvalue weighted by molar-refractivity contribution is 7.09. The number of thiazole rings is 1. The number of hydrogen-bond donors (Lipinski definition) is 2. The van der Waals surface area contributed by atoms with Crippen molar-refractivity contribution in [3.63, 3.8) is 0 Å². The summed E-state index contributed by atoms with van der Waals surface area (Å²) in [6.07, 6.45) is 1.92. The standard InChI is InChI=1S/C16H29N5OS/c1-13(2)15-20-14(12-23-15)4-6-19-16(17)18-5-3-7-21-8-10-22-11-9-21/h12-13H,3-11H2,1-2H3,(H3,17,18,19). The summed E-state index contributed by atoms with van der Waals surface area (Å²) in [5.74, 6) is 1.03. The highest BCUT2D eigenvalue weighted by Crippen LogP contribution is 2.19. The Kier molecular flexibility index (Phi) is 7.78. The molecular weight excluding hydrogens is 310 g/mol. The van der Waals surface area contributed by atoms with E-state index in [1.54, 1.807) is 11.3 Å². The van der Waals surface area contributed by atoms with Gasteiger partial charge in [-0.25, -0.2) is 4.98 Å². The second-order valence-corrected chi connectivity index (χ2v) is 6.97. The Morgan fingerprint density at radius 2 is 2.26 bits per heavy atom. The van der Waals surface area contributed by atoms with E-state index in [9.17, 15) is 0 Å². The molecule has 2 heterocycles. The van der Waals surface area contributed by atoms with Gasteiger partial charge in [0.05, 0.1) is 23.9 Å². The fraction of sp³-hybridized carbons (Fsp3) is 0.750. The summed E-state index contributed by atoms with van der Waals surface area (Å²) in [6.45, 7) is 10.7. The van der Waals surface area contributed by atoms with Crippen LogP contribution >= 0.6 is 11.3 Å². The molecule has 0 aromatic carbocycles. The van der Waals surface area contributed by atoms with Crippen LogP contribution in [0, 0.1) is 0 Å². The van der Waals surface area contributed by atoms with Gasteiger partial charge in [-0.3, -0.25) is 9.89 Å². The molecule has 1 fully saturated rings. The number of nitrogens with one attached hydrogen (secondary N) is 1. The SMILES string of the molecule is CC(C)c1nc(CCNC(N)=NCCCN2CCOCC2)cs1. The lowest BCUT2D eigenvalue weighted by Gasteiger charge is -2.26. The zero-order valence-electron chi connectivity index (χ0n) is 14.3. The minimum absolute atomic E-state index is 0.500. The van der Waals surface area contributed by atoms with Crippen LogP contribution in [0.5, 0.6) is 0 Å². The molecule has 2 rings (SSSR count). The quantitative estimate of drug-likeness (QED) is 0.426. The molecule has 0 bridgehead atoms. The lowest BCUT2D eigenvalue weighted by molar-refractivity contribution is 0.0377. The van der Waals surface area contributed by atoms with Crippen molar-refractivity contribution < 1.29 is 4.74 Å². The number of ether oxygens (including phenoxy) is 1. The zero-order valence-corrected chi connectivity index (χ0v) is 15.1. The Morgan fingerprint density at radius 3 is 2.96 bits per heavy atom. The maximum Gasteiger partial charge on any atom is 0.188 e. The van der Waals surface area contributed by atoms with Crippen molar-refractivity contribution in [2.45, 2.75) is 32.6 Å². The van der Waals surface area contributed by atoms with Gasteiger partial charge in [-0.2, -0.15) is 0 Å². The van der Waals surface area contributed by atoms with Crippen molar-refractivity contribution in [3.05, 3.63) is 16.1 Å². The van der Waals surface area contributed by atoms with E-state index in [1.165, 1.54) is 5.01 Å². The van der Waals surface area contributed by atoms with Crippen LogP contribution in [0.25, 0.3) is 0 Å². The maximum absolute atomic E-state index is 5.90. The molecule has 1 aliphatic heterocycles. The van der Waals surface area contributed by atoms with E-state index in [0.717, 1.165) is 64.5 Å². The summed E-state index contributed by atoms with van der Waals surface area (Å²) in [4.78, 5) is 11.4. The summed E-state index contributed by atoms with van der Waals surface area (Å²) in [5.41, 5.74) is 7.03. The van der Waals surface area contributed by atoms with Gasteiger partial charge in [0.1, 0.15) is 0 Å². The van der Waals surface area contributed by atoms with Gasteiger partial charge in [0.15, 0.2) is 5.96 Å². The Hall–Kier alpha value is -1.18. The number of hydrogen-bond acceptors (Lipinski definition) is 5. The van der Waals surface area contributed by atoms with Gasteiger partial charge in [-0.15, -0.1) is 11.3 Å². The number of aliphatic imine (C=N–C) groups is 1. The minimum Gasteiger partial charge on any atom is -0.379 e. The summed E-state index contributed by atoms with van der Waals surface area (Å²) in [7, 11) is 0. The first kappa shape index (κ1) is 18.2. The smallest absolute Gasteiger partial charge is 0.188 e. The maximum atomic E-state index is 5.90. The largest absolute Gasteiger partial charge is 0.379 e. The van der Waals surface area contributed by atoms with Gasteiger partial charge in [-0.05, 0) is 6.42 Å². The third kappa shape index (κ3) is 6.85. The molecule has 0 radical (unpaired) electrons. The van der Waals surface area contributed by atoms with Gasteiger partial charge < -0.3 is 15.8 Å². The van der Waals surface area contributed by atoms with Gasteiger partial charge in [0.2, 0.25) is 0 Å². The van der Waals surface area contributed by atoms with Gasteiger partial charge in [0.25, 0.3) is 0 Å². The molecule has 1 saturated heterocycles. The van der Waals surface area contributed by atoms with Crippen molar-refractivity contribution in [1.82, 2.24) is 15.2 Å². The molecular formula is C16H29N5OS. The molecule has 6 nitrogen and oxygen atoms in total. The van der Waals surface area contributed by atoms with E-state index in [1.807, 2.05) is 0 Å². The van der Waals surface area contributed by atoms with Crippen molar-refractivity contribution in [3.8, 4) is 0 Å². The molecule has 0 spiro atoms. The second kappa shape index (κ2) is 9.85. The molecule has 0 saturated carbocycles. The van der Waals surface area contributed by atoms with Crippen molar-refractivity contribution in [2.24, 2.45) is 10.7 Å². The fourth-order valence-corrected chi connectivity index (χ4v) is 3.27. The van der Waals surface area contributed by atoms with E-state index in [-0.39, 0.29) is 0 Å². The molecule has 0 amide bonds. The number of aromatic nitrogens is 1. The van der Waals surface area contributed by atoms with E-state index in [4.69, 9.17) is 10.5 Å². The number of nitrogens with two attached hydrogens (primary N) is 1. The van der Waals surface area contributed by atoms with Crippen LogP contribution in [-0.4, -0.2) is 61.8 Å². The van der Waals surface area contributed by atoms with Crippen LogP contribution in [-0.2, 0) is 11.2 Å². The average molecular weight is 340 g/mol. The molecule has 1 aromatic rings. The second-order valence-electron chi connectivity index (χ2n) is 6.08. The molecule has 7 heteroatoms. The van der Waals surface area contributed by atoms with E-state index >= 15 is 0 Å². The Bertz CT molecular complexity index is 483. The van der Waals surface area contributed by atoms with Crippen molar-refractivity contribution in [1.29, 1.82) is 0 Å². The third-order valence-corrected chi connectivity index (χ3v) is 4.96. The van der Waals surface area contributed by atoms with E-state index in [0.29, 0.717) is 11.9 Å². The summed E-state index contributed by atoms with van der Waals surface area (Å²) < 4.78 is 5.34. The summed E-state index contributed by atoms with van der Waals surface area (Å²) in [6, 6.07) is 0. The van der Waals surface area contributed by atoms with Crippen molar-refractivity contribution in [2.75, 3.05) is 45.9 Å². The molecule has 3 N–H and O–H groups in total. The number of nitrogens with zero attached hydrogens (tertiary/aromatic N) is 3.